The van der Waals surface area contributed by atoms with Crippen molar-refractivity contribution < 1.29 is 9.53 Å². The standard InChI is InChI=1S/C12H16N2O2/c1-8(12(13)15)16-10-6-2-4-9-5-3-7-14-11(9)10/h2,4,6,8,14H,3,5,7H2,1H3,(H2,13,15). The zero-order valence-electron chi connectivity index (χ0n) is 9.32. The molecule has 1 amide bonds. The van der Waals surface area contributed by atoms with Crippen LogP contribution in [0.4, 0.5) is 5.69 Å². The van der Waals surface area contributed by atoms with Crippen molar-refractivity contribution in [2.45, 2.75) is 25.9 Å². The minimum absolute atomic E-state index is 0.451. The maximum atomic E-state index is 10.9. The number of nitrogens with two attached hydrogens (primary N) is 1. The van der Waals surface area contributed by atoms with Crippen LogP contribution in [0.2, 0.25) is 0 Å². The van der Waals surface area contributed by atoms with Crippen molar-refractivity contribution >= 4 is 11.6 Å². The number of hydrogen-bond acceptors (Lipinski definition) is 3. The fraction of sp³-hybridized carbons (Fsp3) is 0.417. The highest BCUT2D eigenvalue weighted by molar-refractivity contribution is 5.79. The molecule has 0 saturated heterocycles. The fourth-order valence-electron chi connectivity index (χ4n) is 1.82. The van der Waals surface area contributed by atoms with Gasteiger partial charge in [-0.3, -0.25) is 4.79 Å². The van der Waals surface area contributed by atoms with Gasteiger partial charge in [0.1, 0.15) is 5.75 Å². The molecule has 1 aromatic rings. The number of anilines is 1. The molecule has 4 heteroatoms. The van der Waals surface area contributed by atoms with Gasteiger partial charge in [0.25, 0.3) is 5.91 Å². The number of aryl methyl sites for hydroxylation is 1. The van der Waals surface area contributed by atoms with Crippen LogP contribution in [-0.2, 0) is 11.2 Å². The molecule has 3 N–H and O–H groups in total. The summed E-state index contributed by atoms with van der Waals surface area (Å²) in [6.45, 7) is 2.60. The Kier molecular flexibility index (Phi) is 2.99. The van der Waals surface area contributed by atoms with Crippen molar-refractivity contribution in [3.63, 3.8) is 0 Å². The van der Waals surface area contributed by atoms with Crippen LogP contribution in [0, 0.1) is 0 Å². The van der Waals surface area contributed by atoms with E-state index in [-0.39, 0.29) is 0 Å². The van der Waals surface area contributed by atoms with Gasteiger partial charge < -0.3 is 15.8 Å². The number of fused-ring (bicyclic) bond motifs is 1. The number of carbonyl (C=O) groups excluding carboxylic acids is 1. The van der Waals surface area contributed by atoms with E-state index in [0.717, 1.165) is 25.1 Å². The summed E-state index contributed by atoms with van der Waals surface area (Å²) in [6.07, 6.45) is 1.57. The van der Waals surface area contributed by atoms with E-state index in [1.807, 2.05) is 12.1 Å². The van der Waals surface area contributed by atoms with Gasteiger partial charge in [0.05, 0.1) is 5.69 Å². The van der Waals surface area contributed by atoms with Crippen LogP contribution < -0.4 is 15.8 Å². The SMILES string of the molecule is CC(Oc1cccc2c1NCCC2)C(N)=O. The molecule has 0 aromatic heterocycles. The second-order valence-electron chi connectivity index (χ2n) is 3.98. The third-order valence-corrected chi connectivity index (χ3v) is 2.74. The zero-order valence-corrected chi connectivity index (χ0v) is 9.32. The molecule has 0 aliphatic carbocycles. The summed E-state index contributed by atoms with van der Waals surface area (Å²) in [4.78, 5) is 10.9. The molecular formula is C12H16N2O2. The Hall–Kier alpha value is -1.71. The van der Waals surface area contributed by atoms with E-state index in [2.05, 4.69) is 11.4 Å². The zero-order chi connectivity index (χ0) is 11.5. The number of nitrogens with one attached hydrogen (secondary N) is 1. The summed E-state index contributed by atoms with van der Waals surface area (Å²) in [6, 6.07) is 5.87. The summed E-state index contributed by atoms with van der Waals surface area (Å²) in [5, 5.41) is 3.30. The molecule has 1 aliphatic heterocycles. The first kappa shape index (κ1) is 10.8. The number of carbonyl (C=O) groups is 1. The van der Waals surface area contributed by atoms with E-state index in [1.165, 1.54) is 5.56 Å². The lowest BCUT2D eigenvalue weighted by atomic mass is 10.0. The molecule has 1 unspecified atom stereocenters. The summed E-state index contributed by atoms with van der Waals surface area (Å²) >= 11 is 0. The predicted octanol–water partition coefficient (Wildman–Crippen LogP) is 1.30. The smallest absolute Gasteiger partial charge is 0.258 e. The third kappa shape index (κ3) is 2.10. The summed E-state index contributed by atoms with van der Waals surface area (Å²) in [5.74, 6) is 0.261. The van der Waals surface area contributed by atoms with Gasteiger partial charge >= 0.3 is 0 Å². The van der Waals surface area contributed by atoms with E-state index >= 15 is 0 Å². The van der Waals surface area contributed by atoms with Crippen LogP contribution in [0.1, 0.15) is 18.9 Å². The lowest BCUT2D eigenvalue weighted by molar-refractivity contribution is -0.123. The monoisotopic (exact) mass is 220 g/mol. The van der Waals surface area contributed by atoms with Crippen molar-refractivity contribution in [1.29, 1.82) is 0 Å². The number of hydrogen-bond donors (Lipinski definition) is 2. The highest BCUT2D eigenvalue weighted by Crippen LogP contribution is 2.32. The summed E-state index contributed by atoms with van der Waals surface area (Å²) in [7, 11) is 0. The second-order valence-corrected chi connectivity index (χ2v) is 3.98. The molecule has 1 aliphatic rings. The molecular weight excluding hydrogens is 204 g/mol. The highest BCUT2D eigenvalue weighted by Gasteiger charge is 2.17. The number of para-hydroxylation sites is 1. The van der Waals surface area contributed by atoms with Gasteiger partial charge in [-0.2, -0.15) is 0 Å². The molecule has 4 nitrogen and oxygen atoms in total. The topological polar surface area (TPSA) is 64.3 Å². The lowest BCUT2D eigenvalue weighted by Gasteiger charge is -2.22. The van der Waals surface area contributed by atoms with Crippen LogP contribution in [0.25, 0.3) is 0 Å². The molecule has 86 valence electrons. The number of primary amides is 1. The summed E-state index contributed by atoms with van der Waals surface area (Å²) < 4.78 is 5.54. The first-order valence-electron chi connectivity index (χ1n) is 5.50. The quantitative estimate of drug-likeness (QED) is 0.807. The Balaban J connectivity index is 2.24. The largest absolute Gasteiger partial charge is 0.479 e. The Morgan fingerprint density at radius 1 is 1.56 bits per heavy atom. The van der Waals surface area contributed by atoms with Crippen molar-refractivity contribution in [1.82, 2.24) is 0 Å². The highest BCUT2D eigenvalue weighted by atomic mass is 16.5. The van der Waals surface area contributed by atoms with E-state index in [1.54, 1.807) is 6.92 Å². The molecule has 0 radical (unpaired) electrons. The Bertz CT molecular complexity index is 404. The van der Waals surface area contributed by atoms with E-state index in [4.69, 9.17) is 10.5 Å². The number of benzene rings is 1. The van der Waals surface area contributed by atoms with Gasteiger partial charge in [0.2, 0.25) is 0 Å². The van der Waals surface area contributed by atoms with E-state index in [9.17, 15) is 4.79 Å². The first-order valence-corrected chi connectivity index (χ1v) is 5.50. The van der Waals surface area contributed by atoms with Crippen molar-refractivity contribution in [3.05, 3.63) is 23.8 Å². The molecule has 0 bridgehead atoms. The lowest BCUT2D eigenvalue weighted by Crippen LogP contribution is -2.31. The van der Waals surface area contributed by atoms with E-state index < -0.39 is 12.0 Å². The van der Waals surface area contributed by atoms with Crippen LogP contribution in [-0.4, -0.2) is 18.6 Å². The predicted molar refractivity (Wildman–Crippen MR) is 62.5 cm³/mol. The van der Waals surface area contributed by atoms with Gasteiger partial charge in [-0.25, -0.2) is 0 Å². The fourth-order valence-corrected chi connectivity index (χ4v) is 1.82. The molecule has 0 saturated carbocycles. The average molecular weight is 220 g/mol. The third-order valence-electron chi connectivity index (χ3n) is 2.74. The summed E-state index contributed by atoms with van der Waals surface area (Å²) in [5.41, 5.74) is 7.41. The van der Waals surface area contributed by atoms with Crippen LogP contribution >= 0.6 is 0 Å². The molecule has 0 spiro atoms. The molecule has 1 atom stereocenters. The minimum Gasteiger partial charge on any atom is -0.479 e. The van der Waals surface area contributed by atoms with Crippen molar-refractivity contribution in [3.8, 4) is 5.75 Å². The molecule has 2 rings (SSSR count). The van der Waals surface area contributed by atoms with Crippen molar-refractivity contribution in [2.75, 3.05) is 11.9 Å². The maximum Gasteiger partial charge on any atom is 0.258 e. The Labute approximate surface area is 94.8 Å². The first-order chi connectivity index (χ1) is 7.68. The van der Waals surface area contributed by atoms with Gasteiger partial charge in [-0.1, -0.05) is 12.1 Å². The number of rotatable bonds is 3. The van der Waals surface area contributed by atoms with Gasteiger partial charge in [-0.05, 0) is 31.4 Å². The van der Waals surface area contributed by atoms with Gasteiger partial charge in [0, 0.05) is 6.54 Å². The van der Waals surface area contributed by atoms with Crippen LogP contribution in [0.15, 0.2) is 18.2 Å². The number of amides is 1. The number of ether oxygens (including phenoxy) is 1. The molecule has 1 aromatic carbocycles. The maximum absolute atomic E-state index is 10.9. The average Bonchev–Trinajstić information content (AvgIpc) is 2.29. The molecule has 0 fully saturated rings. The van der Waals surface area contributed by atoms with Crippen LogP contribution in [0.3, 0.4) is 0 Å². The normalized spacial score (nSPS) is 15.8. The van der Waals surface area contributed by atoms with Crippen molar-refractivity contribution in [2.24, 2.45) is 5.73 Å². The Morgan fingerprint density at radius 3 is 3.12 bits per heavy atom. The molecule has 16 heavy (non-hydrogen) atoms. The van der Waals surface area contributed by atoms with E-state index in [0.29, 0.717) is 5.75 Å². The van der Waals surface area contributed by atoms with Gasteiger partial charge in [0.15, 0.2) is 6.10 Å². The van der Waals surface area contributed by atoms with Gasteiger partial charge in [-0.15, -0.1) is 0 Å². The minimum atomic E-state index is -0.602. The van der Waals surface area contributed by atoms with Crippen LogP contribution in [0.5, 0.6) is 5.75 Å². The Morgan fingerprint density at radius 2 is 2.38 bits per heavy atom. The second kappa shape index (κ2) is 4.43. The molecule has 1 heterocycles.